The molecular formula is C104H124N12. The third-order valence-corrected chi connectivity index (χ3v) is 22.2. The standard InChI is InChI=1S/C26H32N2.2C24H28N2.C22H24N2.4C2H3N/c1-6-19-15-22(13-17(3)24(19)27)26(5,21-11-9-8-10-12-21)23-14-18(4)25(28)20(7-2)16-23;1-15-11-20(12-16(2)22(15)25)24(5,19-9-7-6-8-10-19)21-13-17(3)23(26)18(4)14-21;1-15-11-17(3)22(25)20(13-15)24(5,19-9-7-6-8-10-19)21-14-16(2)12-18(4)23(21)26;1-15-9-11-20(23)18(13-15)22(3,17-7-5-4-6-8-17)19-14-16(2)10-12-21(19)24;4*1-2-3/h8-16H,6-7,27-28H2,1-5H3;2*6-14H,25-26H2,1-5H3;4-14H,23-24H2,1-3H3;4*1H3. The number of nitrogens with two attached hydrogens (primary N) is 8. The number of nitriles is 4. The summed E-state index contributed by atoms with van der Waals surface area (Å²) in [7, 11) is 0. The van der Waals surface area contributed by atoms with Crippen LogP contribution in [-0.4, -0.2) is 0 Å². The molecule has 0 spiro atoms. The van der Waals surface area contributed by atoms with E-state index in [0.29, 0.717) is 0 Å². The molecular weight excluding hydrogens is 1420 g/mol. The van der Waals surface area contributed by atoms with E-state index in [-0.39, 0.29) is 10.8 Å². The Morgan fingerprint density at radius 3 is 0.690 bits per heavy atom. The highest BCUT2D eigenvalue weighted by Gasteiger charge is 2.39. The van der Waals surface area contributed by atoms with Crippen molar-refractivity contribution in [1.29, 1.82) is 21.0 Å². The zero-order chi connectivity index (χ0) is 86.7. The molecule has 0 saturated heterocycles. The first-order valence-electron chi connectivity index (χ1n) is 39.4. The smallest absolute Gasteiger partial charge is 0.0587 e. The van der Waals surface area contributed by atoms with E-state index in [0.717, 1.165) is 125 Å². The molecule has 0 bridgehead atoms. The number of rotatable bonds is 14. The van der Waals surface area contributed by atoms with Crippen molar-refractivity contribution in [2.45, 2.75) is 187 Å². The van der Waals surface area contributed by atoms with Crippen LogP contribution < -0.4 is 45.9 Å². The molecule has 600 valence electrons. The third-order valence-electron chi connectivity index (χ3n) is 22.2. The summed E-state index contributed by atoms with van der Waals surface area (Å²) in [5.41, 5.74) is 87.0. The fraction of sp³-hybridized carbons (Fsp3) is 0.269. The van der Waals surface area contributed by atoms with E-state index in [1.54, 1.807) is 24.3 Å². The maximum atomic E-state index is 7.32. The van der Waals surface area contributed by atoms with Crippen LogP contribution in [-0.2, 0) is 34.5 Å². The molecule has 12 rings (SSSR count). The van der Waals surface area contributed by atoms with Crippen LogP contribution in [0.5, 0.6) is 0 Å². The number of hydrogen-bond donors (Lipinski definition) is 8. The van der Waals surface area contributed by atoms with Gasteiger partial charge in [0.25, 0.3) is 0 Å². The summed E-state index contributed by atoms with van der Waals surface area (Å²) in [6, 6.07) is 88.3. The fourth-order valence-corrected chi connectivity index (χ4v) is 15.4. The minimum Gasteiger partial charge on any atom is -0.398 e. The lowest BCUT2D eigenvalue weighted by molar-refractivity contribution is 0.688. The van der Waals surface area contributed by atoms with Crippen LogP contribution in [0, 0.1) is 128 Å². The molecule has 0 aliphatic heterocycles. The number of benzene rings is 12. The van der Waals surface area contributed by atoms with E-state index in [2.05, 4.69) is 319 Å². The second kappa shape index (κ2) is 42.2. The van der Waals surface area contributed by atoms with Gasteiger partial charge in [-0.15, -0.1) is 0 Å². The van der Waals surface area contributed by atoms with Crippen LogP contribution >= 0.6 is 0 Å². The summed E-state index contributed by atoms with van der Waals surface area (Å²) in [5, 5.41) is 29.3. The van der Waals surface area contributed by atoms with E-state index < -0.39 is 10.8 Å². The second-order valence-electron chi connectivity index (χ2n) is 30.6. The maximum absolute atomic E-state index is 7.32. The SMILES string of the molecule is CC#N.CC#N.CC#N.CC#N.CCc1cc(C(C)(c2ccccc2)c2cc(C)c(N)c(CC)c2)cc(C)c1N.Cc1cc(C(C)(c2ccccc2)c2cc(C)c(N)c(C)c2)cc(C)c1N.Cc1cc(C)c(N)c(C(C)(c2ccccc2)c2cc(C)cc(C)c2N)c1.Cc1ccc(N)c(C(C)(c2ccccc2)c2cc(C)ccc2N)c1. The number of aryl methyl sites for hydroxylation is 14. The molecule has 0 aliphatic rings. The molecule has 16 N–H and O–H groups in total. The largest absolute Gasteiger partial charge is 0.398 e. The maximum Gasteiger partial charge on any atom is 0.0587 e. The van der Waals surface area contributed by atoms with Crippen LogP contribution in [0.4, 0.5) is 45.5 Å². The van der Waals surface area contributed by atoms with Crippen molar-refractivity contribution in [1.82, 2.24) is 0 Å². The Bertz CT molecular complexity index is 5160. The topological polar surface area (TPSA) is 303 Å². The lowest BCUT2D eigenvalue weighted by Crippen LogP contribution is -2.28. The van der Waals surface area contributed by atoms with E-state index in [1.165, 1.54) is 106 Å². The molecule has 116 heavy (non-hydrogen) atoms. The number of anilines is 8. The number of nitrogens with zero attached hydrogens (tertiary/aromatic N) is 4. The second-order valence-corrected chi connectivity index (χ2v) is 30.6. The van der Waals surface area contributed by atoms with E-state index >= 15 is 0 Å². The lowest BCUT2D eigenvalue weighted by Gasteiger charge is -2.35. The highest BCUT2D eigenvalue weighted by atomic mass is 14.6. The van der Waals surface area contributed by atoms with Gasteiger partial charge in [-0.05, 0) is 258 Å². The molecule has 12 aromatic carbocycles. The van der Waals surface area contributed by atoms with Gasteiger partial charge in [-0.3, -0.25) is 0 Å². The molecule has 0 heterocycles. The molecule has 0 amide bonds. The first-order valence-corrected chi connectivity index (χ1v) is 39.4. The van der Waals surface area contributed by atoms with Gasteiger partial charge < -0.3 is 45.9 Å². The Hall–Kier alpha value is -13.0. The van der Waals surface area contributed by atoms with Crippen molar-refractivity contribution in [2.75, 3.05) is 45.9 Å². The first-order chi connectivity index (χ1) is 54.9. The van der Waals surface area contributed by atoms with Gasteiger partial charge in [0.1, 0.15) is 0 Å². The van der Waals surface area contributed by atoms with Gasteiger partial charge in [0.2, 0.25) is 0 Å². The third kappa shape index (κ3) is 21.4. The van der Waals surface area contributed by atoms with Crippen LogP contribution in [0.2, 0.25) is 0 Å². The van der Waals surface area contributed by atoms with Crippen LogP contribution in [0.25, 0.3) is 0 Å². The predicted molar refractivity (Wildman–Crippen MR) is 496 cm³/mol. The van der Waals surface area contributed by atoms with Crippen molar-refractivity contribution in [2.24, 2.45) is 0 Å². The van der Waals surface area contributed by atoms with Crippen molar-refractivity contribution in [3.63, 3.8) is 0 Å². The van der Waals surface area contributed by atoms with Gasteiger partial charge in [0.15, 0.2) is 0 Å². The molecule has 0 aromatic heterocycles. The van der Waals surface area contributed by atoms with Gasteiger partial charge in [-0.2, -0.15) is 21.0 Å². The summed E-state index contributed by atoms with van der Waals surface area (Å²) in [6.07, 6.45) is 1.85. The number of hydrogen-bond acceptors (Lipinski definition) is 12. The van der Waals surface area contributed by atoms with Gasteiger partial charge in [-0.25, -0.2) is 0 Å². The monoisotopic (exact) mass is 1540 g/mol. The van der Waals surface area contributed by atoms with Crippen molar-refractivity contribution >= 4 is 45.5 Å². The fourth-order valence-electron chi connectivity index (χ4n) is 15.4. The molecule has 0 radical (unpaired) electrons. The molecule has 0 fully saturated rings. The normalized spacial score (nSPS) is 10.6. The molecule has 12 aromatic rings. The highest BCUT2D eigenvalue weighted by molar-refractivity contribution is 5.72. The van der Waals surface area contributed by atoms with E-state index in [9.17, 15) is 0 Å². The van der Waals surface area contributed by atoms with Crippen molar-refractivity contribution in [3.05, 3.63) is 375 Å². The van der Waals surface area contributed by atoms with Gasteiger partial charge >= 0.3 is 0 Å². The van der Waals surface area contributed by atoms with E-state index in [4.69, 9.17) is 66.9 Å². The summed E-state index contributed by atoms with van der Waals surface area (Å²) in [5.74, 6) is 0. The summed E-state index contributed by atoms with van der Waals surface area (Å²) in [4.78, 5) is 0. The van der Waals surface area contributed by atoms with Gasteiger partial charge in [0.05, 0.1) is 24.3 Å². The molecule has 0 unspecified atom stereocenters. The van der Waals surface area contributed by atoms with Crippen molar-refractivity contribution < 1.29 is 0 Å². The van der Waals surface area contributed by atoms with Crippen LogP contribution in [0.15, 0.2) is 231 Å². The average Bonchev–Trinajstić information content (AvgIpc) is 0.760. The number of nitrogen functional groups attached to an aromatic ring is 8. The Morgan fingerprint density at radius 1 is 0.233 bits per heavy atom. The van der Waals surface area contributed by atoms with Gasteiger partial charge in [0, 0.05) is 94.9 Å². The summed E-state index contributed by atoms with van der Waals surface area (Å²) in [6.45, 7) is 44.2. The van der Waals surface area contributed by atoms with Crippen LogP contribution in [0.3, 0.4) is 0 Å². The lowest BCUT2D eigenvalue weighted by atomic mass is 9.68. The van der Waals surface area contributed by atoms with Gasteiger partial charge in [-0.1, -0.05) is 254 Å². The molecule has 12 nitrogen and oxygen atoms in total. The van der Waals surface area contributed by atoms with E-state index in [1.807, 2.05) is 36.4 Å². The summed E-state index contributed by atoms with van der Waals surface area (Å²) < 4.78 is 0. The van der Waals surface area contributed by atoms with Crippen molar-refractivity contribution in [3.8, 4) is 24.3 Å². The predicted octanol–water partition coefficient (Wildman–Crippen LogP) is 23.8. The molecule has 0 atom stereocenters. The Kier molecular flexibility index (Phi) is 34.1. The van der Waals surface area contributed by atoms with Crippen LogP contribution in [0.1, 0.15) is 214 Å². The molecule has 0 saturated carbocycles. The Morgan fingerprint density at radius 2 is 0.440 bits per heavy atom. The molecule has 0 aliphatic carbocycles. The molecule has 12 heteroatoms. The zero-order valence-electron chi connectivity index (χ0n) is 72.8. The minimum absolute atomic E-state index is 0.284. The Labute approximate surface area is 694 Å². The zero-order valence-corrected chi connectivity index (χ0v) is 72.8. The first kappa shape index (κ1) is 93.6. The quantitative estimate of drug-likeness (QED) is 0.0372. The average molecular weight is 1540 g/mol. The Balaban J connectivity index is 0.000000263. The highest BCUT2D eigenvalue weighted by Crippen LogP contribution is 2.49. The summed E-state index contributed by atoms with van der Waals surface area (Å²) >= 11 is 0. The minimum atomic E-state index is -0.428.